The van der Waals surface area contributed by atoms with Crippen molar-refractivity contribution in [1.29, 1.82) is 0 Å². The van der Waals surface area contributed by atoms with Crippen molar-refractivity contribution in [3.63, 3.8) is 0 Å². The monoisotopic (exact) mass is 154 g/mol. The van der Waals surface area contributed by atoms with Gasteiger partial charge in [-0.25, -0.2) is 0 Å². The first-order chi connectivity index (χ1) is 5.34. The van der Waals surface area contributed by atoms with Crippen LogP contribution < -0.4 is 0 Å². The molecule has 0 heterocycles. The number of ether oxygens (including phenoxy) is 1. The third-order valence-corrected chi connectivity index (χ3v) is 1.61. The van der Waals surface area contributed by atoms with Gasteiger partial charge in [0.1, 0.15) is 11.9 Å². The van der Waals surface area contributed by atoms with Gasteiger partial charge in [0.25, 0.3) is 0 Å². The van der Waals surface area contributed by atoms with E-state index in [2.05, 4.69) is 6.92 Å². The maximum Gasteiger partial charge on any atom is 0.121 e. The molecule has 1 atom stereocenters. The Morgan fingerprint density at radius 2 is 2.55 bits per heavy atom. The summed E-state index contributed by atoms with van der Waals surface area (Å²) in [5, 5.41) is 9.28. The molecule has 1 rings (SSSR count). The molecule has 0 radical (unpaired) electrons. The van der Waals surface area contributed by atoms with E-state index in [4.69, 9.17) is 4.74 Å². The quantitative estimate of drug-likeness (QED) is 0.675. The molecule has 0 fully saturated rings. The van der Waals surface area contributed by atoms with E-state index in [1.54, 1.807) is 6.08 Å². The Bertz CT molecular complexity index is 170. The lowest BCUT2D eigenvalue weighted by molar-refractivity contribution is 0.0505. The second-order valence-electron chi connectivity index (χ2n) is 2.61. The predicted molar refractivity (Wildman–Crippen MR) is 44.5 cm³/mol. The highest BCUT2D eigenvalue weighted by Gasteiger charge is 2.13. The van der Waals surface area contributed by atoms with Crippen molar-refractivity contribution >= 4 is 0 Å². The van der Waals surface area contributed by atoms with Crippen LogP contribution in [0.3, 0.4) is 0 Å². The molecule has 1 aliphatic rings. The first kappa shape index (κ1) is 8.34. The standard InChI is InChI=1S/C9H14O2/c1-2-7-11-9-6-4-3-5-8(9)10/h3-5,9-10H,2,6-7H2,1H3. The molecule has 0 saturated carbocycles. The molecule has 0 saturated heterocycles. The van der Waals surface area contributed by atoms with Crippen molar-refractivity contribution in [3.05, 3.63) is 24.0 Å². The van der Waals surface area contributed by atoms with Gasteiger partial charge in [-0.2, -0.15) is 0 Å². The molecule has 0 aromatic rings. The maximum absolute atomic E-state index is 9.28. The van der Waals surface area contributed by atoms with Gasteiger partial charge in [0.05, 0.1) is 0 Å². The summed E-state index contributed by atoms with van der Waals surface area (Å²) in [4.78, 5) is 0. The number of allylic oxidation sites excluding steroid dienone is 2. The normalized spacial score (nSPS) is 23.4. The summed E-state index contributed by atoms with van der Waals surface area (Å²) >= 11 is 0. The van der Waals surface area contributed by atoms with Gasteiger partial charge < -0.3 is 9.84 Å². The molecular formula is C9H14O2. The van der Waals surface area contributed by atoms with E-state index in [0.29, 0.717) is 5.76 Å². The van der Waals surface area contributed by atoms with Gasteiger partial charge in [0.2, 0.25) is 0 Å². The lowest BCUT2D eigenvalue weighted by Crippen LogP contribution is -2.17. The zero-order valence-electron chi connectivity index (χ0n) is 6.79. The zero-order valence-corrected chi connectivity index (χ0v) is 6.79. The smallest absolute Gasteiger partial charge is 0.121 e. The molecule has 1 N–H and O–H groups in total. The topological polar surface area (TPSA) is 29.5 Å². The summed E-state index contributed by atoms with van der Waals surface area (Å²) < 4.78 is 5.37. The molecule has 0 aromatic heterocycles. The SMILES string of the molecule is CCCOC1CC=CC=C1O. The van der Waals surface area contributed by atoms with E-state index in [1.165, 1.54) is 0 Å². The average Bonchev–Trinajstić information content (AvgIpc) is 2.03. The van der Waals surface area contributed by atoms with Crippen molar-refractivity contribution in [2.75, 3.05) is 6.61 Å². The van der Waals surface area contributed by atoms with Gasteiger partial charge in [-0.3, -0.25) is 0 Å². The lowest BCUT2D eigenvalue weighted by atomic mass is 10.1. The van der Waals surface area contributed by atoms with Crippen molar-refractivity contribution in [2.24, 2.45) is 0 Å². The van der Waals surface area contributed by atoms with Crippen LogP contribution in [0.25, 0.3) is 0 Å². The van der Waals surface area contributed by atoms with Crippen LogP contribution >= 0.6 is 0 Å². The minimum Gasteiger partial charge on any atom is -0.510 e. The highest BCUT2D eigenvalue weighted by atomic mass is 16.5. The average molecular weight is 154 g/mol. The Labute approximate surface area is 67.2 Å². The molecule has 0 bridgehead atoms. The molecule has 0 aliphatic heterocycles. The van der Waals surface area contributed by atoms with Gasteiger partial charge in [-0.1, -0.05) is 19.1 Å². The summed E-state index contributed by atoms with van der Waals surface area (Å²) in [6, 6.07) is 0. The zero-order chi connectivity index (χ0) is 8.10. The molecule has 11 heavy (non-hydrogen) atoms. The van der Waals surface area contributed by atoms with Crippen molar-refractivity contribution in [2.45, 2.75) is 25.9 Å². The lowest BCUT2D eigenvalue weighted by Gasteiger charge is -2.16. The second kappa shape index (κ2) is 4.19. The fourth-order valence-electron chi connectivity index (χ4n) is 1.01. The van der Waals surface area contributed by atoms with E-state index >= 15 is 0 Å². The molecule has 1 aliphatic carbocycles. The molecule has 0 spiro atoms. The number of aliphatic hydroxyl groups excluding tert-OH is 1. The van der Waals surface area contributed by atoms with Crippen LogP contribution in [0.5, 0.6) is 0 Å². The summed E-state index contributed by atoms with van der Waals surface area (Å²) in [6.45, 7) is 2.77. The van der Waals surface area contributed by atoms with Gasteiger partial charge in [0, 0.05) is 6.61 Å². The van der Waals surface area contributed by atoms with E-state index in [0.717, 1.165) is 19.4 Å². The molecule has 0 aromatic carbocycles. The van der Waals surface area contributed by atoms with Gasteiger partial charge in [-0.05, 0) is 18.9 Å². The van der Waals surface area contributed by atoms with Gasteiger partial charge in [0.15, 0.2) is 0 Å². The fraction of sp³-hybridized carbons (Fsp3) is 0.556. The van der Waals surface area contributed by atoms with Gasteiger partial charge in [-0.15, -0.1) is 0 Å². The second-order valence-corrected chi connectivity index (χ2v) is 2.61. The maximum atomic E-state index is 9.28. The third-order valence-electron chi connectivity index (χ3n) is 1.61. The van der Waals surface area contributed by atoms with Crippen LogP contribution in [0.1, 0.15) is 19.8 Å². The van der Waals surface area contributed by atoms with Crippen LogP contribution in [0.15, 0.2) is 24.0 Å². The largest absolute Gasteiger partial charge is 0.510 e. The summed E-state index contributed by atoms with van der Waals surface area (Å²) in [5.74, 6) is 0.348. The fourth-order valence-corrected chi connectivity index (χ4v) is 1.01. The van der Waals surface area contributed by atoms with Crippen LogP contribution in [0.4, 0.5) is 0 Å². The number of rotatable bonds is 3. The van der Waals surface area contributed by atoms with E-state index < -0.39 is 0 Å². The van der Waals surface area contributed by atoms with Crippen LogP contribution in [0.2, 0.25) is 0 Å². The molecular weight excluding hydrogens is 140 g/mol. The third kappa shape index (κ3) is 2.39. The van der Waals surface area contributed by atoms with Crippen molar-refractivity contribution < 1.29 is 9.84 Å². The number of hydrogen-bond acceptors (Lipinski definition) is 2. The minimum atomic E-state index is -0.0973. The number of hydrogen-bond donors (Lipinski definition) is 1. The van der Waals surface area contributed by atoms with Gasteiger partial charge >= 0.3 is 0 Å². The Hall–Kier alpha value is -0.760. The number of aliphatic hydroxyl groups is 1. The molecule has 0 amide bonds. The van der Waals surface area contributed by atoms with Crippen molar-refractivity contribution in [1.82, 2.24) is 0 Å². The van der Waals surface area contributed by atoms with E-state index in [9.17, 15) is 5.11 Å². The summed E-state index contributed by atoms with van der Waals surface area (Å²) in [5.41, 5.74) is 0. The molecule has 2 nitrogen and oxygen atoms in total. The Balaban J connectivity index is 2.35. The Kier molecular flexibility index (Phi) is 3.17. The highest BCUT2D eigenvalue weighted by molar-refractivity contribution is 5.16. The van der Waals surface area contributed by atoms with E-state index in [1.807, 2.05) is 12.2 Å². The highest BCUT2D eigenvalue weighted by Crippen LogP contribution is 2.13. The van der Waals surface area contributed by atoms with E-state index in [-0.39, 0.29) is 6.10 Å². The summed E-state index contributed by atoms with van der Waals surface area (Å²) in [6.07, 6.45) is 7.22. The molecule has 2 heteroatoms. The van der Waals surface area contributed by atoms with Crippen LogP contribution in [-0.4, -0.2) is 17.8 Å². The molecule has 1 unspecified atom stereocenters. The first-order valence-corrected chi connectivity index (χ1v) is 4.02. The van der Waals surface area contributed by atoms with Crippen LogP contribution in [0, 0.1) is 0 Å². The molecule has 62 valence electrons. The Morgan fingerprint density at radius 1 is 1.73 bits per heavy atom. The first-order valence-electron chi connectivity index (χ1n) is 4.02. The summed E-state index contributed by atoms with van der Waals surface area (Å²) in [7, 11) is 0. The minimum absolute atomic E-state index is 0.0973. The Morgan fingerprint density at radius 3 is 3.18 bits per heavy atom. The predicted octanol–water partition coefficient (Wildman–Crippen LogP) is 2.18. The van der Waals surface area contributed by atoms with Crippen molar-refractivity contribution in [3.8, 4) is 0 Å². The van der Waals surface area contributed by atoms with Crippen LogP contribution in [-0.2, 0) is 4.74 Å².